The number of hydrogen-bond donors (Lipinski definition) is 0. The fourth-order valence-electron chi connectivity index (χ4n) is 3.06. The van der Waals surface area contributed by atoms with Crippen LogP contribution in [0.25, 0.3) is 0 Å². The average Bonchev–Trinajstić information content (AvgIpc) is 2.51. The Hall–Kier alpha value is -2.37. The molecule has 0 atom stereocenters. The molecule has 0 aliphatic carbocycles. The highest BCUT2D eigenvalue weighted by Crippen LogP contribution is 2.17. The SMILES string of the molecule is CC(=O)N1CCN(C(=O)COC(=O)c2c(C)cc(C)cc2C)CC1. The number of esters is 1. The van der Waals surface area contributed by atoms with E-state index >= 15 is 0 Å². The Morgan fingerprint density at radius 2 is 1.46 bits per heavy atom. The molecule has 0 radical (unpaired) electrons. The molecule has 1 heterocycles. The van der Waals surface area contributed by atoms with Crippen molar-refractivity contribution < 1.29 is 19.1 Å². The normalized spacial score (nSPS) is 14.5. The van der Waals surface area contributed by atoms with E-state index in [1.54, 1.807) is 9.80 Å². The van der Waals surface area contributed by atoms with Gasteiger partial charge in [0.1, 0.15) is 0 Å². The maximum absolute atomic E-state index is 12.3. The second-order valence-electron chi connectivity index (χ2n) is 6.24. The third-order valence-corrected chi connectivity index (χ3v) is 4.29. The molecule has 6 heteroatoms. The number of benzene rings is 1. The fraction of sp³-hybridized carbons (Fsp3) is 0.500. The fourth-order valence-corrected chi connectivity index (χ4v) is 3.06. The van der Waals surface area contributed by atoms with Crippen LogP contribution in [0.1, 0.15) is 34.0 Å². The zero-order valence-corrected chi connectivity index (χ0v) is 14.7. The van der Waals surface area contributed by atoms with Crippen LogP contribution >= 0.6 is 0 Å². The molecule has 0 bridgehead atoms. The molecular weight excluding hydrogens is 308 g/mol. The maximum Gasteiger partial charge on any atom is 0.339 e. The molecule has 1 aromatic rings. The summed E-state index contributed by atoms with van der Waals surface area (Å²) in [5.74, 6) is -0.687. The lowest BCUT2D eigenvalue weighted by Gasteiger charge is -2.34. The van der Waals surface area contributed by atoms with Crippen molar-refractivity contribution in [3.63, 3.8) is 0 Å². The number of carbonyl (C=O) groups is 3. The van der Waals surface area contributed by atoms with Crippen LogP contribution in [0.4, 0.5) is 0 Å². The number of piperazine rings is 1. The summed E-state index contributed by atoms with van der Waals surface area (Å²) >= 11 is 0. The zero-order valence-electron chi connectivity index (χ0n) is 14.7. The lowest BCUT2D eigenvalue weighted by atomic mass is 10.00. The van der Waals surface area contributed by atoms with E-state index in [2.05, 4.69) is 0 Å². The Bertz CT molecular complexity index is 638. The number of carbonyl (C=O) groups excluding carboxylic acids is 3. The Morgan fingerprint density at radius 1 is 0.958 bits per heavy atom. The van der Waals surface area contributed by atoms with E-state index in [0.717, 1.165) is 16.7 Å². The van der Waals surface area contributed by atoms with Crippen LogP contribution in [0.2, 0.25) is 0 Å². The van der Waals surface area contributed by atoms with Crippen molar-refractivity contribution in [1.82, 2.24) is 9.80 Å². The smallest absolute Gasteiger partial charge is 0.339 e. The molecule has 1 aliphatic heterocycles. The van der Waals surface area contributed by atoms with Gasteiger partial charge in [-0.15, -0.1) is 0 Å². The summed E-state index contributed by atoms with van der Waals surface area (Å²) < 4.78 is 5.21. The predicted octanol–water partition coefficient (Wildman–Crippen LogP) is 1.46. The van der Waals surface area contributed by atoms with Gasteiger partial charge < -0.3 is 14.5 Å². The second kappa shape index (κ2) is 7.47. The molecule has 130 valence electrons. The quantitative estimate of drug-likeness (QED) is 0.786. The van der Waals surface area contributed by atoms with Crippen molar-refractivity contribution in [2.45, 2.75) is 27.7 Å². The molecular formula is C18H24N2O4. The predicted molar refractivity (Wildman–Crippen MR) is 89.8 cm³/mol. The van der Waals surface area contributed by atoms with E-state index in [9.17, 15) is 14.4 Å². The third-order valence-electron chi connectivity index (χ3n) is 4.29. The summed E-state index contributed by atoms with van der Waals surface area (Å²) in [6, 6.07) is 3.85. The summed E-state index contributed by atoms with van der Waals surface area (Å²) in [7, 11) is 0. The van der Waals surface area contributed by atoms with Gasteiger partial charge in [0.05, 0.1) is 5.56 Å². The molecule has 1 aromatic carbocycles. The Kier molecular flexibility index (Phi) is 5.59. The lowest BCUT2D eigenvalue weighted by Crippen LogP contribution is -2.51. The molecule has 1 saturated heterocycles. The van der Waals surface area contributed by atoms with E-state index in [-0.39, 0.29) is 18.4 Å². The minimum atomic E-state index is -0.472. The van der Waals surface area contributed by atoms with Crippen LogP contribution in [0, 0.1) is 20.8 Å². The van der Waals surface area contributed by atoms with E-state index in [4.69, 9.17) is 4.74 Å². The number of hydrogen-bond acceptors (Lipinski definition) is 4. The molecule has 0 N–H and O–H groups in total. The third kappa shape index (κ3) is 4.13. The van der Waals surface area contributed by atoms with Crippen LogP contribution in [0.15, 0.2) is 12.1 Å². The molecule has 1 aliphatic rings. The van der Waals surface area contributed by atoms with Crippen LogP contribution in [-0.2, 0) is 14.3 Å². The molecule has 24 heavy (non-hydrogen) atoms. The van der Waals surface area contributed by atoms with E-state index in [1.807, 2.05) is 32.9 Å². The van der Waals surface area contributed by atoms with E-state index in [1.165, 1.54) is 6.92 Å². The van der Waals surface area contributed by atoms with Crippen LogP contribution in [0.3, 0.4) is 0 Å². The lowest BCUT2D eigenvalue weighted by molar-refractivity contribution is -0.140. The van der Waals surface area contributed by atoms with Crippen molar-refractivity contribution in [3.8, 4) is 0 Å². The van der Waals surface area contributed by atoms with Crippen molar-refractivity contribution in [2.75, 3.05) is 32.8 Å². The first-order valence-electron chi connectivity index (χ1n) is 8.08. The first-order chi connectivity index (χ1) is 11.3. The summed E-state index contributed by atoms with van der Waals surface area (Å²) in [5, 5.41) is 0. The molecule has 0 saturated carbocycles. The summed E-state index contributed by atoms with van der Waals surface area (Å²) in [6.45, 7) is 8.92. The largest absolute Gasteiger partial charge is 0.452 e. The molecule has 0 aromatic heterocycles. The summed E-state index contributed by atoms with van der Waals surface area (Å²) in [6.07, 6.45) is 0. The van der Waals surface area contributed by atoms with Crippen LogP contribution in [0.5, 0.6) is 0 Å². The molecule has 2 amide bonds. The van der Waals surface area contributed by atoms with Gasteiger partial charge in [-0.1, -0.05) is 17.7 Å². The van der Waals surface area contributed by atoms with Crippen molar-refractivity contribution in [1.29, 1.82) is 0 Å². The van der Waals surface area contributed by atoms with Gasteiger partial charge in [-0.3, -0.25) is 9.59 Å². The highest BCUT2D eigenvalue weighted by atomic mass is 16.5. The van der Waals surface area contributed by atoms with Gasteiger partial charge in [-0.05, 0) is 31.9 Å². The molecule has 2 rings (SSSR count). The average molecular weight is 332 g/mol. The van der Waals surface area contributed by atoms with Gasteiger partial charge in [0.2, 0.25) is 5.91 Å². The standard InChI is InChI=1S/C18H24N2O4/c1-12-9-13(2)17(14(3)10-12)18(23)24-11-16(22)20-7-5-19(6-8-20)15(4)21/h9-10H,5-8,11H2,1-4H3. The summed E-state index contributed by atoms with van der Waals surface area (Å²) in [4.78, 5) is 39.1. The number of nitrogens with zero attached hydrogens (tertiary/aromatic N) is 2. The van der Waals surface area contributed by atoms with Gasteiger partial charge in [-0.25, -0.2) is 4.79 Å². The summed E-state index contributed by atoms with van der Waals surface area (Å²) in [5.41, 5.74) is 3.30. The molecule has 6 nitrogen and oxygen atoms in total. The Labute approximate surface area is 142 Å². The minimum absolute atomic E-state index is 0.0128. The maximum atomic E-state index is 12.3. The van der Waals surface area contributed by atoms with Crippen molar-refractivity contribution in [2.24, 2.45) is 0 Å². The molecule has 1 fully saturated rings. The van der Waals surface area contributed by atoms with Gasteiger partial charge >= 0.3 is 5.97 Å². The zero-order chi connectivity index (χ0) is 17.9. The second-order valence-corrected chi connectivity index (χ2v) is 6.24. The minimum Gasteiger partial charge on any atom is -0.452 e. The number of amides is 2. The Balaban J connectivity index is 1.91. The first-order valence-corrected chi connectivity index (χ1v) is 8.08. The molecule has 0 unspecified atom stereocenters. The highest BCUT2D eigenvalue weighted by molar-refractivity contribution is 5.94. The first kappa shape index (κ1) is 18.0. The number of rotatable bonds is 3. The monoisotopic (exact) mass is 332 g/mol. The van der Waals surface area contributed by atoms with Gasteiger partial charge in [0.25, 0.3) is 5.91 Å². The van der Waals surface area contributed by atoms with Crippen LogP contribution in [-0.4, -0.2) is 60.4 Å². The number of aryl methyl sites for hydroxylation is 3. The topological polar surface area (TPSA) is 66.9 Å². The Morgan fingerprint density at radius 3 is 1.96 bits per heavy atom. The van der Waals surface area contributed by atoms with E-state index in [0.29, 0.717) is 31.7 Å². The van der Waals surface area contributed by atoms with Crippen molar-refractivity contribution >= 4 is 17.8 Å². The van der Waals surface area contributed by atoms with Gasteiger partial charge in [0.15, 0.2) is 6.61 Å². The van der Waals surface area contributed by atoms with E-state index < -0.39 is 5.97 Å². The number of ether oxygens (including phenoxy) is 1. The van der Waals surface area contributed by atoms with Gasteiger partial charge in [-0.2, -0.15) is 0 Å². The van der Waals surface area contributed by atoms with Crippen LogP contribution < -0.4 is 0 Å². The van der Waals surface area contributed by atoms with Gasteiger partial charge in [0, 0.05) is 33.1 Å². The highest BCUT2D eigenvalue weighted by Gasteiger charge is 2.23. The van der Waals surface area contributed by atoms with Crippen molar-refractivity contribution in [3.05, 3.63) is 34.4 Å². The molecule has 0 spiro atoms.